The van der Waals surface area contributed by atoms with Crippen molar-refractivity contribution in [2.75, 3.05) is 5.32 Å². The Labute approximate surface area is 111 Å². The van der Waals surface area contributed by atoms with E-state index in [9.17, 15) is 19.8 Å². The molecule has 0 aliphatic carbocycles. The molecule has 0 saturated carbocycles. The number of amides is 1. The summed E-state index contributed by atoms with van der Waals surface area (Å²) in [7, 11) is 0. The van der Waals surface area contributed by atoms with Crippen LogP contribution in [-0.4, -0.2) is 27.2 Å². The van der Waals surface area contributed by atoms with Crippen LogP contribution in [0.1, 0.15) is 20.7 Å². The van der Waals surface area contributed by atoms with E-state index in [4.69, 9.17) is 5.11 Å². The molecular weight excluding hydrogens is 270 g/mol. The van der Waals surface area contributed by atoms with Crippen molar-refractivity contribution in [2.24, 2.45) is 0 Å². The van der Waals surface area contributed by atoms with Gasteiger partial charge in [-0.3, -0.25) is 4.79 Å². The molecule has 1 aromatic heterocycles. The van der Waals surface area contributed by atoms with Crippen LogP contribution < -0.4 is 5.32 Å². The van der Waals surface area contributed by atoms with Gasteiger partial charge in [0.1, 0.15) is 5.00 Å². The van der Waals surface area contributed by atoms with Crippen molar-refractivity contribution in [3.63, 3.8) is 0 Å². The zero-order valence-corrected chi connectivity index (χ0v) is 10.3. The number of phenolic OH excluding ortho intramolecular Hbond substituents is 2. The van der Waals surface area contributed by atoms with Gasteiger partial charge >= 0.3 is 5.97 Å². The van der Waals surface area contributed by atoms with Crippen molar-refractivity contribution in [3.8, 4) is 11.5 Å². The minimum absolute atomic E-state index is 0.0296. The van der Waals surface area contributed by atoms with Crippen molar-refractivity contribution >= 4 is 28.2 Å². The highest BCUT2D eigenvalue weighted by molar-refractivity contribution is 7.14. The molecule has 0 radical (unpaired) electrons. The molecule has 1 aromatic carbocycles. The minimum Gasteiger partial charge on any atom is -0.504 e. The van der Waals surface area contributed by atoms with E-state index >= 15 is 0 Å². The maximum atomic E-state index is 11.9. The quantitative estimate of drug-likeness (QED) is 0.644. The van der Waals surface area contributed by atoms with Crippen molar-refractivity contribution < 1.29 is 24.9 Å². The van der Waals surface area contributed by atoms with Gasteiger partial charge in [0.2, 0.25) is 0 Å². The molecule has 1 amide bonds. The van der Waals surface area contributed by atoms with Crippen molar-refractivity contribution in [2.45, 2.75) is 0 Å². The fraction of sp³-hybridized carbons (Fsp3) is 0. The number of hydrogen-bond acceptors (Lipinski definition) is 5. The van der Waals surface area contributed by atoms with E-state index < -0.39 is 23.4 Å². The van der Waals surface area contributed by atoms with E-state index in [1.54, 1.807) is 0 Å². The summed E-state index contributed by atoms with van der Waals surface area (Å²) in [6.45, 7) is 0. The van der Waals surface area contributed by atoms with Crippen LogP contribution in [0.2, 0.25) is 0 Å². The lowest BCUT2D eigenvalue weighted by molar-refractivity contribution is 0.0698. The first-order valence-electron chi connectivity index (χ1n) is 5.13. The lowest BCUT2D eigenvalue weighted by atomic mass is 10.1. The molecule has 1 heterocycles. The Hall–Kier alpha value is -2.54. The molecular formula is C12H9NO5S. The molecule has 2 rings (SSSR count). The van der Waals surface area contributed by atoms with Crippen LogP contribution in [0.5, 0.6) is 11.5 Å². The number of aromatic hydroxyl groups is 2. The second kappa shape index (κ2) is 4.99. The molecule has 7 heteroatoms. The highest BCUT2D eigenvalue weighted by Gasteiger charge is 2.18. The number of phenols is 2. The maximum absolute atomic E-state index is 11.9. The number of carbonyl (C=O) groups excluding carboxylic acids is 1. The third kappa shape index (κ3) is 2.50. The Balaban J connectivity index is 2.29. The zero-order valence-electron chi connectivity index (χ0n) is 9.45. The summed E-state index contributed by atoms with van der Waals surface area (Å²) < 4.78 is 0. The van der Waals surface area contributed by atoms with Gasteiger partial charge in [0.15, 0.2) is 11.5 Å². The summed E-state index contributed by atoms with van der Waals surface area (Å²) in [4.78, 5) is 22.8. The molecule has 6 nitrogen and oxygen atoms in total. The fourth-order valence-corrected chi connectivity index (χ4v) is 2.23. The summed E-state index contributed by atoms with van der Waals surface area (Å²) >= 11 is 1.05. The molecule has 0 saturated heterocycles. The van der Waals surface area contributed by atoms with E-state index in [1.807, 2.05) is 0 Å². The molecule has 2 aromatic rings. The first-order valence-corrected chi connectivity index (χ1v) is 6.01. The third-order valence-electron chi connectivity index (χ3n) is 2.38. The van der Waals surface area contributed by atoms with Gasteiger partial charge in [-0.2, -0.15) is 0 Å². The van der Waals surface area contributed by atoms with E-state index in [0.29, 0.717) is 0 Å². The van der Waals surface area contributed by atoms with Crippen LogP contribution in [-0.2, 0) is 0 Å². The number of benzene rings is 1. The van der Waals surface area contributed by atoms with Crippen molar-refractivity contribution in [3.05, 3.63) is 40.8 Å². The molecule has 4 N–H and O–H groups in total. The maximum Gasteiger partial charge on any atom is 0.338 e. The van der Waals surface area contributed by atoms with Crippen LogP contribution in [0.25, 0.3) is 0 Å². The standard InChI is InChI=1S/C12H9NO5S/c14-8-3-1-2-6(9(8)15)10(16)13-11-7(12(17)18)4-5-19-11/h1-5,14-15H,(H,13,16)(H,17,18). The third-order valence-corrected chi connectivity index (χ3v) is 3.21. The van der Waals surface area contributed by atoms with Crippen LogP contribution >= 0.6 is 11.3 Å². The average Bonchev–Trinajstić information content (AvgIpc) is 2.80. The smallest absolute Gasteiger partial charge is 0.338 e. The second-order valence-corrected chi connectivity index (χ2v) is 4.51. The molecule has 98 valence electrons. The van der Waals surface area contributed by atoms with Crippen molar-refractivity contribution in [1.82, 2.24) is 0 Å². The normalized spacial score (nSPS) is 10.1. The predicted octanol–water partition coefficient (Wildman–Crippen LogP) is 2.11. The number of carboxylic acid groups (broad SMARTS) is 1. The molecule has 0 bridgehead atoms. The van der Waals surface area contributed by atoms with Gasteiger partial charge in [0.25, 0.3) is 5.91 Å². The van der Waals surface area contributed by atoms with Gasteiger partial charge in [0, 0.05) is 0 Å². The fourth-order valence-electron chi connectivity index (χ4n) is 1.46. The zero-order chi connectivity index (χ0) is 14.0. The average molecular weight is 279 g/mol. The Morgan fingerprint density at radius 2 is 1.84 bits per heavy atom. The Kier molecular flexibility index (Phi) is 3.39. The monoisotopic (exact) mass is 279 g/mol. The lowest BCUT2D eigenvalue weighted by Gasteiger charge is -2.06. The first kappa shape index (κ1) is 12.9. The number of hydrogen-bond donors (Lipinski definition) is 4. The van der Waals surface area contributed by atoms with Gasteiger partial charge in [-0.25, -0.2) is 4.79 Å². The highest BCUT2D eigenvalue weighted by Crippen LogP contribution is 2.30. The number of thiophene rings is 1. The van der Waals surface area contributed by atoms with E-state index in [2.05, 4.69) is 5.32 Å². The number of carboxylic acids is 1. The molecule has 0 fully saturated rings. The number of anilines is 1. The largest absolute Gasteiger partial charge is 0.504 e. The second-order valence-electron chi connectivity index (χ2n) is 3.60. The van der Waals surface area contributed by atoms with E-state index in [-0.39, 0.29) is 16.1 Å². The van der Waals surface area contributed by atoms with Crippen LogP contribution in [0.4, 0.5) is 5.00 Å². The summed E-state index contributed by atoms with van der Waals surface area (Å²) in [5.41, 5.74) is -0.164. The molecule has 0 spiro atoms. The van der Waals surface area contributed by atoms with Gasteiger partial charge in [-0.15, -0.1) is 11.3 Å². The molecule has 0 unspecified atom stereocenters. The van der Waals surface area contributed by atoms with Gasteiger partial charge < -0.3 is 20.6 Å². The Morgan fingerprint density at radius 1 is 1.11 bits per heavy atom. The van der Waals surface area contributed by atoms with E-state index in [0.717, 1.165) is 11.3 Å². The molecule has 0 atom stereocenters. The van der Waals surface area contributed by atoms with Gasteiger partial charge in [0.05, 0.1) is 11.1 Å². The number of rotatable bonds is 3. The Bertz CT molecular complexity index is 649. The summed E-state index contributed by atoms with van der Waals surface area (Å²) in [6, 6.07) is 5.32. The van der Waals surface area contributed by atoms with Gasteiger partial charge in [-0.05, 0) is 23.6 Å². The predicted molar refractivity (Wildman–Crippen MR) is 69.0 cm³/mol. The molecule has 0 aliphatic rings. The number of para-hydroxylation sites is 1. The minimum atomic E-state index is -1.16. The molecule has 0 aliphatic heterocycles. The lowest BCUT2D eigenvalue weighted by Crippen LogP contribution is -2.13. The number of carbonyl (C=O) groups is 2. The van der Waals surface area contributed by atoms with Crippen LogP contribution in [0.3, 0.4) is 0 Å². The SMILES string of the molecule is O=C(O)c1ccsc1NC(=O)c1cccc(O)c1O. The summed E-state index contributed by atoms with van der Waals surface area (Å²) in [5, 5.41) is 31.8. The Morgan fingerprint density at radius 3 is 2.53 bits per heavy atom. The van der Waals surface area contributed by atoms with Crippen LogP contribution in [0.15, 0.2) is 29.6 Å². The summed E-state index contributed by atoms with van der Waals surface area (Å²) in [5.74, 6) is -2.82. The first-order chi connectivity index (χ1) is 9.00. The van der Waals surface area contributed by atoms with Crippen LogP contribution in [0, 0.1) is 0 Å². The van der Waals surface area contributed by atoms with Crippen molar-refractivity contribution in [1.29, 1.82) is 0 Å². The highest BCUT2D eigenvalue weighted by atomic mass is 32.1. The van der Waals surface area contributed by atoms with Gasteiger partial charge in [-0.1, -0.05) is 6.07 Å². The van der Waals surface area contributed by atoms with E-state index in [1.165, 1.54) is 29.6 Å². The number of aromatic carboxylic acids is 1. The molecule has 19 heavy (non-hydrogen) atoms. The topological polar surface area (TPSA) is 107 Å². The summed E-state index contributed by atoms with van der Waals surface area (Å²) in [6.07, 6.45) is 0. The number of nitrogens with one attached hydrogen (secondary N) is 1.